The predicted molar refractivity (Wildman–Crippen MR) is 37.8 cm³/mol. The second-order valence-electron chi connectivity index (χ2n) is 2.35. The number of hydrogen-bond acceptors (Lipinski definition) is 2. The van der Waals surface area contributed by atoms with Crippen molar-refractivity contribution in [2.45, 2.75) is 38.7 Å². The van der Waals surface area contributed by atoms with Crippen LogP contribution in [0.15, 0.2) is 0 Å². The van der Waals surface area contributed by atoms with Gasteiger partial charge < -0.3 is 10.2 Å². The zero-order valence-electron chi connectivity index (χ0n) is 6.21. The van der Waals surface area contributed by atoms with Crippen molar-refractivity contribution in [1.29, 1.82) is 0 Å². The Morgan fingerprint density at radius 1 is 1.50 bits per heavy atom. The largest absolute Gasteiger partial charge is 0.479 e. The number of carboxylic acid groups (broad SMARTS) is 1. The third-order valence-corrected chi connectivity index (χ3v) is 1.37. The molecule has 0 amide bonds. The van der Waals surface area contributed by atoms with Crippen LogP contribution in [0.4, 0.5) is 0 Å². The van der Waals surface area contributed by atoms with Gasteiger partial charge in [-0.25, -0.2) is 4.79 Å². The molecule has 0 unspecified atom stereocenters. The third-order valence-electron chi connectivity index (χ3n) is 1.37. The lowest BCUT2D eigenvalue weighted by Crippen LogP contribution is -2.18. The van der Waals surface area contributed by atoms with Crippen LogP contribution in [0, 0.1) is 0 Å². The van der Waals surface area contributed by atoms with Crippen LogP contribution in [-0.2, 0) is 4.79 Å². The van der Waals surface area contributed by atoms with Crippen molar-refractivity contribution in [3.8, 4) is 0 Å². The Balaban J connectivity index is 3.21. The highest BCUT2D eigenvalue weighted by atomic mass is 16.4. The van der Waals surface area contributed by atoms with Gasteiger partial charge in [-0.15, -0.1) is 0 Å². The van der Waals surface area contributed by atoms with Crippen LogP contribution in [0.1, 0.15) is 32.6 Å². The summed E-state index contributed by atoms with van der Waals surface area (Å²) in [5.41, 5.74) is 0. The molecule has 0 bridgehead atoms. The minimum atomic E-state index is -1.16. The van der Waals surface area contributed by atoms with Crippen molar-refractivity contribution in [3.63, 3.8) is 0 Å². The average Bonchev–Trinajstić information content (AvgIpc) is 1.88. The van der Waals surface area contributed by atoms with Gasteiger partial charge in [0.15, 0.2) is 6.10 Å². The summed E-state index contributed by atoms with van der Waals surface area (Å²) in [5, 5.41) is 17.0. The molecule has 0 rings (SSSR count). The first-order valence-electron chi connectivity index (χ1n) is 3.59. The first-order valence-corrected chi connectivity index (χ1v) is 3.59. The normalized spacial score (nSPS) is 13.0. The van der Waals surface area contributed by atoms with Crippen molar-refractivity contribution in [1.82, 2.24) is 0 Å². The second kappa shape index (κ2) is 5.23. The molecule has 0 heterocycles. The van der Waals surface area contributed by atoms with Crippen LogP contribution in [0.3, 0.4) is 0 Å². The third kappa shape index (κ3) is 4.32. The van der Waals surface area contributed by atoms with E-state index >= 15 is 0 Å². The molecule has 0 radical (unpaired) electrons. The highest BCUT2D eigenvalue weighted by Crippen LogP contribution is 2.02. The molecule has 0 aliphatic heterocycles. The maximum atomic E-state index is 10.0. The molecule has 10 heavy (non-hydrogen) atoms. The van der Waals surface area contributed by atoms with Crippen LogP contribution < -0.4 is 0 Å². The number of rotatable bonds is 5. The Labute approximate surface area is 60.7 Å². The quantitative estimate of drug-likeness (QED) is 0.569. The molecule has 0 aromatic rings. The SMILES string of the molecule is CCCCC[C@H](O)C(=O)O. The van der Waals surface area contributed by atoms with Crippen molar-refractivity contribution in [2.75, 3.05) is 0 Å². The number of hydrogen-bond donors (Lipinski definition) is 2. The molecule has 0 saturated carbocycles. The molecule has 3 heteroatoms. The van der Waals surface area contributed by atoms with E-state index in [0.717, 1.165) is 19.3 Å². The molecule has 0 spiro atoms. The van der Waals surface area contributed by atoms with Gasteiger partial charge in [0.05, 0.1) is 0 Å². The van der Waals surface area contributed by atoms with E-state index in [0.29, 0.717) is 6.42 Å². The van der Waals surface area contributed by atoms with Crippen LogP contribution in [0.25, 0.3) is 0 Å². The number of carboxylic acids is 1. The van der Waals surface area contributed by atoms with Gasteiger partial charge in [0.2, 0.25) is 0 Å². The van der Waals surface area contributed by atoms with Gasteiger partial charge in [-0.2, -0.15) is 0 Å². The smallest absolute Gasteiger partial charge is 0.332 e. The van der Waals surface area contributed by atoms with Gasteiger partial charge >= 0.3 is 5.97 Å². The molecule has 0 aromatic heterocycles. The number of aliphatic carboxylic acids is 1. The summed E-state index contributed by atoms with van der Waals surface area (Å²) in [6.07, 6.45) is 2.05. The van der Waals surface area contributed by atoms with Gasteiger partial charge in [-0.1, -0.05) is 26.2 Å². The predicted octanol–water partition coefficient (Wildman–Crippen LogP) is 1.01. The van der Waals surface area contributed by atoms with E-state index in [1.165, 1.54) is 0 Å². The van der Waals surface area contributed by atoms with Crippen LogP contribution >= 0.6 is 0 Å². The molecule has 60 valence electrons. The van der Waals surface area contributed by atoms with E-state index < -0.39 is 12.1 Å². The minimum Gasteiger partial charge on any atom is -0.479 e. The minimum absolute atomic E-state index is 0.378. The van der Waals surface area contributed by atoms with Gasteiger partial charge in [0.1, 0.15) is 0 Å². The Morgan fingerprint density at radius 2 is 2.10 bits per heavy atom. The van der Waals surface area contributed by atoms with E-state index in [1.807, 2.05) is 6.92 Å². The van der Waals surface area contributed by atoms with Gasteiger partial charge in [-0.05, 0) is 6.42 Å². The molecule has 0 saturated heterocycles. The summed E-state index contributed by atoms with van der Waals surface area (Å²) in [5.74, 6) is -1.11. The molecular formula is C7H14O3. The molecule has 3 nitrogen and oxygen atoms in total. The van der Waals surface area contributed by atoms with E-state index in [4.69, 9.17) is 10.2 Å². The Hall–Kier alpha value is -0.570. The standard InChI is InChI=1S/C7H14O3/c1-2-3-4-5-6(8)7(9)10/h6,8H,2-5H2,1H3,(H,9,10)/t6-/m0/s1. The van der Waals surface area contributed by atoms with Crippen LogP contribution in [0.5, 0.6) is 0 Å². The van der Waals surface area contributed by atoms with Crippen LogP contribution in [-0.4, -0.2) is 22.3 Å². The summed E-state index contributed by atoms with van der Waals surface area (Å²) in [6.45, 7) is 2.03. The lowest BCUT2D eigenvalue weighted by Gasteiger charge is -2.02. The van der Waals surface area contributed by atoms with E-state index in [9.17, 15) is 4.79 Å². The fourth-order valence-corrected chi connectivity index (χ4v) is 0.711. The lowest BCUT2D eigenvalue weighted by atomic mass is 10.1. The molecule has 0 aliphatic carbocycles. The highest BCUT2D eigenvalue weighted by molar-refractivity contribution is 5.71. The first-order chi connectivity index (χ1) is 4.68. The van der Waals surface area contributed by atoms with Crippen LogP contribution in [0.2, 0.25) is 0 Å². The van der Waals surface area contributed by atoms with Gasteiger partial charge in [-0.3, -0.25) is 0 Å². The fourth-order valence-electron chi connectivity index (χ4n) is 0.711. The summed E-state index contributed by atoms with van der Waals surface area (Å²) in [6, 6.07) is 0. The molecule has 0 aromatic carbocycles. The molecular weight excluding hydrogens is 132 g/mol. The van der Waals surface area contributed by atoms with Crippen molar-refractivity contribution in [2.24, 2.45) is 0 Å². The summed E-state index contributed by atoms with van der Waals surface area (Å²) in [4.78, 5) is 10.0. The van der Waals surface area contributed by atoms with E-state index in [1.54, 1.807) is 0 Å². The average molecular weight is 146 g/mol. The zero-order valence-corrected chi connectivity index (χ0v) is 6.21. The maximum absolute atomic E-state index is 10.0. The number of aliphatic hydroxyl groups excluding tert-OH is 1. The fraction of sp³-hybridized carbons (Fsp3) is 0.857. The Bertz CT molecular complexity index is 101. The zero-order chi connectivity index (χ0) is 7.98. The summed E-state index contributed by atoms with van der Waals surface area (Å²) in [7, 11) is 0. The van der Waals surface area contributed by atoms with Gasteiger partial charge in [0, 0.05) is 0 Å². The molecule has 1 atom stereocenters. The van der Waals surface area contributed by atoms with Gasteiger partial charge in [0.25, 0.3) is 0 Å². The monoisotopic (exact) mass is 146 g/mol. The summed E-state index contributed by atoms with van der Waals surface area (Å²) < 4.78 is 0. The van der Waals surface area contributed by atoms with E-state index in [2.05, 4.69) is 0 Å². The van der Waals surface area contributed by atoms with Crippen molar-refractivity contribution in [3.05, 3.63) is 0 Å². The first kappa shape index (κ1) is 9.43. The number of unbranched alkanes of at least 4 members (excludes halogenated alkanes) is 2. The Kier molecular flexibility index (Phi) is 4.94. The van der Waals surface area contributed by atoms with Crippen molar-refractivity contribution >= 4 is 5.97 Å². The number of aliphatic hydroxyl groups is 1. The maximum Gasteiger partial charge on any atom is 0.332 e. The molecule has 0 aliphatic rings. The lowest BCUT2D eigenvalue weighted by molar-refractivity contribution is -0.146. The van der Waals surface area contributed by atoms with E-state index in [-0.39, 0.29) is 0 Å². The second-order valence-corrected chi connectivity index (χ2v) is 2.35. The number of carbonyl (C=O) groups is 1. The Morgan fingerprint density at radius 3 is 2.50 bits per heavy atom. The summed E-state index contributed by atoms with van der Waals surface area (Å²) >= 11 is 0. The molecule has 2 N–H and O–H groups in total. The molecule has 0 fully saturated rings. The topological polar surface area (TPSA) is 57.5 Å². The van der Waals surface area contributed by atoms with Crippen molar-refractivity contribution < 1.29 is 15.0 Å². The highest BCUT2D eigenvalue weighted by Gasteiger charge is 2.10.